The van der Waals surface area contributed by atoms with Crippen LogP contribution in [0, 0.1) is 0 Å². The Hall–Kier alpha value is -2.04. The van der Waals surface area contributed by atoms with Crippen LogP contribution in [0.15, 0.2) is 28.8 Å². The largest absolute Gasteiger partial charge is 0.480 e. The summed E-state index contributed by atoms with van der Waals surface area (Å²) in [5.74, 6) is -0.375. The van der Waals surface area contributed by atoms with E-state index in [1.807, 2.05) is 18.2 Å². The van der Waals surface area contributed by atoms with Gasteiger partial charge in [0.25, 0.3) is 0 Å². The molecule has 0 atom stereocenters. The van der Waals surface area contributed by atoms with Crippen LogP contribution in [0.4, 0.5) is 5.82 Å². The second kappa shape index (κ2) is 3.76. The van der Waals surface area contributed by atoms with Crippen molar-refractivity contribution in [1.29, 1.82) is 0 Å². The third-order valence-corrected chi connectivity index (χ3v) is 3.04. The Kier molecular flexibility index (Phi) is 2.53. The molecule has 1 N–H and O–H groups in total. The minimum atomic E-state index is -1.04. The lowest BCUT2D eigenvalue weighted by molar-refractivity contribution is -0.142. The highest BCUT2D eigenvalue weighted by Gasteiger charge is 2.34. The summed E-state index contributed by atoms with van der Waals surface area (Å²) < 4.78 is 5.16. The number of anilines is 1. The van der Waals surface area contributed by atoms with Crippen LogP contribution in [-0.4, -0.2) is 28.8 Å². The molecule has 0 saturated carbocycles. The summed E-state index contributed by atoms with van der Waals surface area (Å²) in [4.78, 5) is 12.8. The Morgan fingerprint density at radius 2 is 2.06 bits per heavy atom. The van der Waals surface area contributed by atoms with Gasteiger partial charge >= 0.3 is 5.97 Å². The van der Waals surface area contributed by atoms with Crippen molar-refractivity contribution in [3.05, 3.63) is 24.3 Å². The van der Waals surface area contributed by atoms with E-state index in [-0.39, 0.29) is 0 Å². The molecular formula is C12H14N2O3. The number of carboxylic acid groups (broad SMARTS) is 1. The highest BCUT2D eigenvalue weighted by Crippen LogP contribution is 2.29. The van der Waals surface area contributed by atoms with Crippen molar-refractivity contribution in [3.8, 4) is 0 Å². The van der Waals surface area contributed by atoms with E-state index in [0.717, 1.165) is 5.39 Å². The molecule has 0 spiro atoms. The van der Waals surface area contributed by atoms with Crippen LogP contribution >= 0.6 is 0 Å². The molecule has 0 amide bonds. The van der Waals surface area contributed by atoms with Gasteiger partial charge < -0.3 is 14.5 Å². The number of fused-ring (bicyclic) bond motifs is 1. The fourth-order valence-electron chi connectivity index (χ4n) is 1.52. The van der Waals surface area contributed by atoms with Gasteiger partial charge in [0.1, 0.15) is 5.54 Å². The first-order valence-corrected chi connectivity index (χ1v) is 5.26. The van der Waals surface area contributed by atoms with Crippen molar-refractivity contribution in [3.63, 3.8) is 0 Å². The lowest BCUT2D eigenvalue weighted by Crippen LogP contribution is -2.48. The number of rotatable bonds is 3. The standard InChI is InChI=1S/C12H14N2O3/c1-12(2,11(15)16)14(3)10-8-6-4-5-7-9(8)17-13-10/h4-7H,1-3H3,(H,15,16). The number of hydrogen-bond acceptors (Lipinski definition) is 4. The lowest BCUT2D eigenvalue weighted by Gasteiger charge is -2.31. The molecule has 0 aliphatic heterocycles. The first-order chi connectivity index (χ1) is 7.94. The average molecular weight is 234 g/mol. The molecule has 0 radical (unpaired) electrons. The molecule has 5 nitrogen and oxygen atoms in total. The molecule has 0 unspecified atom stereocenters. The molecule has 5 heteroatoms. The smallest absolute Gasteiger partial charge is 0.328 e. The average Bonchev–Trinajstić information content (AvgIpc) is 2.71. The Balaban J connectivity index is 2.50. The predicted octanol–water partition coefficient (Wildman–Crippen LogP) is 2.13. The summed E-state index contributed by atoms with van der Waals surface area (Å²) in [6.07, 6.45) is 0. The summed E-state index contributed by atoms with van der Waals surface area (Å²) in [6.45, 7) is 3.25. The maximum absolute atomic E-state index is 11.2. The molecule has 1 heterocycles. The van der Waals surface area contributed by atoms with E-state index < -0.39 is 11.5 Å². The van der Waals surface area contributed by atoms with Crippen LogP contribution < -0.4 is 4.90 Å². The molecule has 1 aromatic heterocycles. The fourth-order valence-corrected chi connectivity index (χ4v) is 1.52. The van der Waals surface area contributed by atoms with Crippen molar-refractivity contribution in [2.75, 3.05) is 11.9 Å². The van der Waals surface area contributed by atoms with E-state index in [0.29, 0.717) is 11.4 Å². The zero-order valence-electron chi connectivity index (χ0n) is 9.97. The van der Waals surface area contributed by atoms with E-state index >= 15 is 0 Å². The molecule has 1 aromatic carbocycles. The number of carbonyl (C=O) groups is 1. The fraction of sp³-hybridized carbons (Fsp3) is 0.333. The number of nitrogens with zero attached hydrogens (tertiary/aromatic N) is 2. The predicted molar refractivity (Wildman–Crippen MR) is 64.1 cm³/mol. The first kappa shape index (κ1) is 11.4. The van der Waals surface area contributed by atoms with Crippen molar-refractivity contribution in [2.24, 2.45) is 0 Å². The SMILES string of the molecule is CN(c1noc2ccccc12)C(C)(C)C(=O)O. The van der Waals surface area contributed by atoms with Crippen LogP contribution in [0.1, 0.15) is 13.8 Å². The topological polar surface area (TPSA) is 66.6 Å². The molecule has 90 valence electrons. The monoisotopic (exact) mass is 234 g/mol. The molecule has 0 aliphatic carbocycles. The maximum Gasteiger partial charge on any atom is 0.328 e. The van der Waals surface area contributed by atoms with E-state index in [1.165, 1.54) is 0 Å². The number of likely N-dealkylation sites (N-methyl/N-ethyl adjacent to an activating group) is 1. The zero-order chi connectivity index (χ0) is 12.6. The van der Waals surface area contributed by atoms with E-state index in [4.69, 9.17) is 4.52 Å². The Bertz CT molecular complexity index is 560. The normalized spacial score (nSPS) is 11.7. The molecule has 0 aliphatic rings. The van der Waals surface area contributed by atoms with Gasteiger partial charge in [0.15, 0.2) is 11.4 Å². The number of aliphatic carboxylic acids is 1. The summed E-state index contributed by atoms with van der Waals surface area (Å²) in [5.41, 5.74) is -0.393. The molecule has 2 aromatic rings. The van der Waals surface area contributed by atoms with E-state index in [2.05, 4.69) is 5.16 Å². The minimum absolute atomic E-state index is 0.535. The van der Waals surface area contributed by atoms with Crippen LogP contribution in [0.2, 0.25) is 0 Å². The van der Waals surface area contributed by atoms with E-state index in [1.54, 1.807) is 31.9 Å². The van der Waals surface area contributed by atoms with Gasteiger partial charge in [-0.15, -0.1) is 0 Å². The second-order valence-corrected chi connectivity index (χ2v) is 4.43. The number of para-hydroxylation sites is 1. The van der Waals surface area contributed by atoms with Crippen molar-refractivity contribution >= 4 is 22.8 Å². The molecule has 0 fully saturated rings. The summed E-state index contributed by atoms with van der Waals surface area (Å²) >= 11 is 0. The summed E-state index contributed by atoms with van der Waals surface area (Å²) in [7, 11) is 1.69. The van der Waals surface area contributed by atoms with Gasteiger partial charge in [-0.05, 0) is 26.0 Å². The maximum atomic E-state index is 11.2. The van der Waals surface area contributed by atoms with E-state index in [9.17, 15) is 9.90 Å². The molecule has 2 rings (SSSR count). The number of aromatic nitrogens is 1. The van der Waals surface area contributed by atoms with Gasteiger partial charge in [-0.25, -0.2) is 4.79 Å². The van der Waals surface area contributed by atoms with Crippen molar-refractivity contribution in [2.45, 2.75) is 19.4 Å². The number of carboxylic acids is 1. The van der Waals surface area contributed by atoms with Gasteiger partial charge in [0.2, 0.25) is 0 Å². The van der Waals surface area contributed by atoms with Gasteiger partial charge in [-0.3, -0.25) is 0 Å². The zero-order valence-corrected chi connectivity index (χ0v) is 9.97. The highest BCUT2D eigenvalue weighted by molar-refractivity contribution is 5.91. The number of hydrogen-bond donors (Lipinski definition) is 1. The lowest BCUT2D eigenvalue weighted by atomic mass is 10.0. The number of benzene rings is 1. The highest BCUT2D eigenvalue weighted by atomic mass is 16.5. The Labute approximate surface area is 98.6 Å². The first-order valence-electron chi connectivity index (χ1n) is 5.26. The van der Waals surface area contributed by atoms with Crippen LogP contribution in [0.5, 0.6) is 0 Å². The van der Waals surface area contributed by atoms with Gasteiger partial charge in [-0.2, -0.15) is 0 Å². The Morgan fingerprint density at radius 1 is 1.41 bits per heavy atom. The molecule has 0 saturated heterocycles. The van der Waals surface area contributed by atoms with Crippen LogP contribution in [0.3, 0.4) is 0 Å². The summed E-state index contributed by atoms with van der Waals surface area (Å²) in [6, 6.07) is 7.37. The van der Waals surface area contributed by atoms with Crippen molar-refractivity contribution < 1.29 is 14.4 Å². The van der Waals surface area contributed by atoms with Gasteiger partial charge in [0, 0.05) is 7.05 Å². The van der Waals surface area contributed by atoms with Gasteiger partial charge in [-0.1, -0.05) is 17.3 Å². The molecule has 17 heavy (non-hydrogen) atoms. The quantitative estimate of drug-likeness (QED) is 0.881. The molecular weight excluding hydrogens is 220 g/mol. The second-order valence-electron chi connectivity index (χ2n) is 4.43. The van der Waals surface area contributed by atoms with Crippen LogP contribution in [-0.2, 0) is 4.79 Å². The minimum Gasteiger partial charge on any atom is -0.480 e. The third kappa shape index (κ3) is 1.73. The van der Waals surface area contributed by atoms with Crippen molar-refractivity contribution in [1.82, 2.24) is 5.16 Å². The molecule has 0 bridgehead atoms. The van der Waals surface area contributed by atoms with Gasteiger partial charge in [0.05, 0.1) is 5.39 Å². The Morgan fingerprint density at radius 3 is 2.71 bits per heavy atom. The van der Waals surface area contributed by atoms with Crippen LogP contribution in [0.25, 0.3) is 11.0 Å². The third-order valence-electron chi connectivity index (χ3n) is 3.04. The summed E-state index contributed by atoms with van der Waals surface area (Å²) in [5, 5.41) is 13.9.